The summed E-state index contributed by atoms with van der Waals surface area (Å²) >= 11 is 0. The van der Waals surface area contributed by atoms with Crippen molar-refractivity contribution < 1.29 is 27.9 Å². The van der Waals surface area contributed by atoms with Crippen LogP contribution >= 0.6 is 0 Å². The lowest BCUT2D eigenvalue weighted by Crippen LogP contribution is -2.42. The number of hydrogen-bond donors (Lipinski definition) is 2. The normalized spacial score (nSPS) is 19.9. The Bertz CT molecular complexity index is 320. The molecule has 0 spiro atoms. The SMILES string of the molecule is O=C(O)CCC1CCN(C(=O)NCC(F)(F)F)C1. The highest BCUT2D eigenvalue weighted by Crippen LogP contribution is 2.21. The summed E-state index contributed by atoms with van der Waals surface area (Å²) in [7, 11) is 0. The van der Waals surface area contributed by atoms with Gasteiger partial charge in [-0.1, -0.05) is 0 Å². The van der Waals surface area contributed by atoms with Gasteiger partial charge in [-0.25, -0.2) is 4.79 Å². The number of halogens is 3. The number of amides is 2. The second-order valence-corrected chi connectivity index (χ2v) is 4.31. The summed E-state index contributed by atoms with van der Waals surface area (Å²) in [5.74, 6) is -0.854. The van der Waals surface area contributed by atoms with E-state index in [1.54, 1.807) is 5.32 Å². The maximum atomic E-state index is 11.9. The molecular weight excluding hydrogens is 253 g/mol. The Morgan fingerprint density at radius 1 is 1.39 bits per heavy atom. The molecule has 0 bridgehead atoms. The van der Waals surface area contributed by atoms with Gasteiger partial charge in [0.25, 0.3) is 0 Å². The van der Waals surface area contributed by atoms with E-state index in [0.717, 1.165) is 0 Å². The van der Waals surface area contributed by atoms with Gasteiger partial charge in [0.2, 0.25) is 0 Å². The number of likely N-dealkylation sites (tertiary alicyclic amines) is 1. The zero-order valence-corrected chi connectivity index (χ0v) is 9.66. The van der Waals surface area contributed by atoms with Crippen molar-refractivity contribution in [1.29, 1.82) is 0 Å². The molecule has 1 rings (SSSR count). The summed E-state index contributed by atoms with van der Waals surface area (Å²) in [6, 6.07) is -0.745. The Hall–Kier alpha value is -1.47. The van der Waals surface area contributed by atoms with Crippen molar-refractivity contribution in [3.8, 4) is 0 Å². The van der Waals surface area contributed by atoms with Gasteiger partial charge in [-0.3, -0.25) is 4.79 Å². The van der Waals surface area contributed by atoms with Crippen LogP contribution in [0.2, 0.25) is 0 Å². The summed E-state index contributed by atoms with van der Waals surface area (Å²) in [6.07, 6.45) is -3.33. The number of rotatable bonds is 4. The third-order valence-corrected chi connectivity index (χ3v) is 2.78. The maximum Gasteiger partial charge on any atom is 0.405 e. The summed E-state index contributed by atoms with van der Waals surface area (Å²) in [5.41, 5.74) is 0. The topological polar surface area (TPSA) is 69.6 Å². The Morgan fingerprint density at radius 2 is 2.06 bits per heavy atom. The number of carboxylic acid groups (broad SMARTS) is 1. The Kier molecular flexibility index (Phi) is 4.80. The van der Waals surface area contributed by atoms with Crippen LogP contribution in [0.5, 0.6) is 0 Å². The Balaban J connectivity index is 2.28. The molecule has 0 aromatic rings. The average Bonchev–Trinajstić information content (AvgIpc) is 2.70. The fourth-order valence-corrected chi connectivity index (χ4v) is 1.87. The summed E-state index contributed by atoms with van der Waals surface area (Å²) in [6.45, 7) is -0.660. The van der Waals surface area contributed by atoms with Crippen molar-refractivity contribution in [3.05, 3.63) is 0 Å². The molecule has 104 valence electrons. The lowest BCUT2D eigenvalue weighted by molar-refractivity contribution is -0.137. The van der Waals surface area contributed by atoms with Crippen LogP contribution in [0.1, 0.15) is 19.3 Å². The van der Waals surface area contributed by atoms with Crippen molar-refractivity contribution in [1.82, 2.24) is 10.2 Å². The fourth-order valence-electron chi connectivity index (χ4n) is 1.87. The fraction of sp³-hybridized carbons (Fsp3) is 0.800. The molecule has 8 heteroatoms. The number of carbonyl (C=O) groups excluding carboxylic acids is 1. The average molecular weight is 268 g/mol. The zero-order chi connectivity index (χ0) is 13.8. The molecular formula is C10H15F3N2O3. The highest BCUT2D eigenvalue weighted by molar-refractivity contribution is 5.74. The highest BCUT2D eigenvalue weighted by atomic mass is 19.4. The molecule has 1 heterocycles. The third kappa shape index (κ3) is 5.24. The second-order valence-electron chi connectivity index (χ2n) is 4.31. The van der Waals surface area contributed by atoms with Gasteiger partial charge in [-0.05, 0) is 18.8 Å². The van der Waals surface area contributed by atoms with Crippen LogP contribution in [0, 0.1) is 5.92 Å². The van der Waals surface area contributed by atoms with E-state index in [9.17, 15) is 22.8 Å². The van der Waals surface area contributed by atoms with Crippen LogP contribution in [0.25, 0.3) is 0 Å². The van der Waals surface area contributed by atoms with Crippen LogP contribution in [-0.2, 0) is 4.79 Å². The third-order valence-electron chi connectivity index (χ3n) is 2.78. The van der Waals surface area contributed by atoms with Crippen LogP contribution in [0.4, 0.5) is 18.0 Å². The van der Waals surface area contributed by atoms with Gasteiger partial charge >= 0.3 is 18.2 Å². The van der Waals surface area contributed by atoms with E-state index in [1.165, 1.54) is 4.90 Å². The van der Waals surface area contributed by atoms with Crippen LogP contribution < -0.4 is 5.32 Å². The van der Waals surface area contributed by atoms with Gasteiger partial charge in [0, 0.05) is 19.5 Å². The monoisotopic (exact) mass is 268 g/mol. The number of nitrogens with zero attached hydrogens (tertiary/aromatic N) is 1. The molecule has 2 amide bonds. The lowest BCUT2D eigenvalue weighted by atomic mass is 10.0. The first kappa shape index (κ1) is 14.6. The molecule has 2 N–H and O–H groups in total. The van der Waals surface area contributed by atoms with E-state index >= 15 is 0 Å². The van der Waals surface area contributed by atoms with E-state index in [4.69, 9.17) is 5.11 Å². The van der Waals surface area contributed by atoms with E-state index in [0.29, 0.717) is 25.9 Å². The lowest BCUT2D eigenvalue weighted by Gasteiger charge is -2.18. The van der Waals surface area contributed by atoms with Crippen LogP contribution in [0.15, 0.2) is 0 Å². The number of urea groups is 1. The predicted molar refractivity (Wildman–Crippen MR) is 56.0 cm³/mol. The highest BCUT2D eigenvalue weighted by Gasteiger charge is 2.31. The van der Waals surface area contributed by atoms with Crippen molar-refractivity contribution in [3.63, 3.8) is 0 Å². The molecule has 0 radical (unpaired) electrons. The molecule has 0 saturated carbocycles. The van der Waals surface area contributed by atoms with E-state index < -0.39 is 24.7 Å². The first-order chi connectivity index (χ1) is 8.28. The Labute approximate surface area is 102 Å². The van der Waals surface area contributed by atoms with Gasteiger partial charge in [0.05, 0.1) is 0 Å². The van der Waals surface area contributed by atoms with Gasteiger partial charge in [-0.2, -0.15) is 13.2 Å². The molecule has 1 saturated heterocycles. The minimum Gasteiger partial charge on any atom is -0.481 e. The standard InChI is InChI=1S/C10H15F3N2O3/c11-10(12,13)6-14-9(18)15-4-3-7(5-15)1-2-8(16)17/h7H,1-6H2,(H,14,18)(H,16,17). The smallest absolute Gasteiger partial charge is 0.405 e. The van der Waals surface area contributed by atoms with Crippen LogP contribution in [-0.4, -0.2) is 47.8 Å². The molecule has 1 unspecified atom stereocenters. The van der Waals surface area contributed by atoms with Gasteiger partial charge < -0.3 is 15.3 Å². The molecule has 1 aliphatic rings. The van der Waals surface area contributed by atoms with Crippen molar-refractivity contribution in [2.75, 3.05) is 19.6 Å². The number of carboxylic acids is 1. The minimum atomic E-state index is -4.42. The largest absolute Gasteiger partial charge is 0.481 e. The Morgan fingerprint density at radius 3 is 2.61 bits per heavy atom. The molecule has 0 aromatic carbocycles. The van der Waals surface area contributed by atoms with E-state index in [2.05, 4.69) is 0 Å². The number of hydrogen-bond acceptors (Lipinski definition) is 2. The number of aliphatic carboxylic acids is 1. The minimum absolute atomic E-state index is 0.0165. The summed E-state index contributed by atoms with van der Waals surface area (Å²) in [4.78, 5) is 23.0. The zero-order valence-electron chi connectivity index (χ0n) is 9.66. The molecule has 1 fully saturated rings. The predicted octanol–water partition coefficient (Wildman–Crippen LogP) is 1.44. The molecule has 18 heavy (non-hydrogen) atoms. The molecule has 1 aliphatic heterocycles. The second kappa shape index (κ2) is 5.92. The number of alkyl halides is 3. The quantitative estimate of drug-likeness (QED) is 0.810. The summed E-state index contributed by atoms with van der Waals surface area (Å²) < 4.78 is 35.7. The number of nitrogens with one attached hydrogen (secondary N) is 1. The number of carbonyl (C=O) groups is 2. The summed E-state index contributed by atoms with van der Waals surface area (Å²) in [5, 5.41) is 10.3. The molecule has 0 aromatic heterocycles. The van der Waals surface area contributed by atoms with Crippen molar-refractivity contribution >= 4 is 12.0 Å². The van der Waals surface area contributed by atoms with Gasteiger partial charge in [0.1, 0.15) is 6.54 Å². The van der Waals surface area contributed by atoms with Crippen LogP contribution in [0.3, 0.4) is 0 Å². The van der Waals surface area contributed by atoms with Gasteiger partial charge in [0.15, 0.2) is 0 Å². The van der Waals surface area contributed by atoms with E-state index in [1.807, 2.05) is 0 Å². The van der Waals surface area contributed by atoms with Crippen molar-refractivity contribution in [2.24, 2.45) is 5.92 Å². The molecule has 0 aliphatic carbocycles. The first-order valence-corrected chi connectivity index (χ1v) is 5.59. The van der Waals surface area contributed by atoms with Crippen molar-refractivity contribution in [2.45, 2.75) is 25.4 Å². The maximum absolute atomic E-state index is 11.9. The first-order valence-electron chi connectivity index (χ1n) is 5.59. The molecule has 1 atom stereocenters. The van der Waals surface area contributed by atoms with Gasteiger partial charge in [-0.15, -0.1) is 0 Å². The van der Waals surface area contributed by atoms with E-state index in [-0.39, 0.29) is 12.3 Å². The molecule has 5 nitrogen and oxygen atoms in total.